The minimum absolute atomic E-state index is 0.0191. The summed E-state index contributed by atoms with van der Waals surface area (Å²) < 4.78 is 6.90. The van der Waals surface area contributed by atoms with Crippen LogP contribution in [-0.4, -0.2) is 41.0 Å². The van der Waals surface area contributed by atoms with E-state index >= 15 is 0 Å². The monoisotopic (exact) mass is 682 g/mol. The van der Waals surface area contributed by atoms with Gasteiger partial charge in [-0.1, -0.05) is 13.0 Å². The number of hydrogen-bond donors (Lipinski definition) is 4. The number of benzene rings is 2. The van der Waals surface area contributed by atoms with Gasteiger partial charge >= 0.3 is 5.97 Å². The number of nitrogens with zero attached hydrogens (tertiary/aromatic N) is 1. The Labute approximate surface area is 254 Å². The van der Waals surface area contributed by atoms with Crippen LogP contribution in [0.25, 0.3) is 21.6 Å². The van der Waals surface area contributed by atoms with Crippen LogP contribution in [0.4, 0.5) is 5.69 Å². The molecule has 0 bridgehead atoms. The number of thiophene rings is 1. The number of hydrogen-bond acceptors (Lipinski definition) is 7. The van der Waals surface area contributed by atoms with Gasteiger partial charge in [-0.3, -0.25) is 9.59 Å². The summed E-state index contributed by atoms with van der Waals surface area (Å²) in [6.07, 6.45) is 1.43. The van der Waals surface area contributed by atoms with Crippen molar-refractivity contribution < 1.29 is 24.2 Å². The topological polar surface area (TPSA) is 144 Å². The molecule has 0 atom stereocenters. The molecule has 11 heteroatoms. The minimum Gasteiger partial charge on any atom is -0.493 e. The first kappa shape index (κ1) is 28.7. The molecule has 2 aromatic carbocycles. The fraction of sp³-hybridized carbons (Fsp3) is 0.200. The van der Waals surface area contributed by atoms with Gasteiger partial charge in [-0.15, -0.1) is 11.3 Å². The second-order valence-electron chi connectivity index (χ2n) is 9.39. The number of carbonyl (C=O) groups is 3. The van der Waals surface area contributed by atoms with E-state index in [1.54, 1.807) is 29.5 Å². The highest BCUT2D eigenvalue weighted by molar-refractivity contribution is 14.1. The van der Waals surface area contributed by atoms with Gasteiger partial charge in [0, 0.05) is 50.2 Å². The Morgan fingerprint density at radius 1 is 1.07 bits per heavy atom. The van der Waals surface area contributed by atoms with Crippen LogP contribution in [-0.2, 0) is 13.0 Å². The smallest absolute Gasteiger partial charge is 0.355 e. The number of aromatic carboxylic acids is 1. The van der Waals surface area contributed by atoms with Crippen LogP contribution < -0.4 is 21.1 Å². The molecule has 0 aliphatic carbocycles. The Morgan fingerprint density at radius 2 is 1.90 bits per heavy atom. The summed E-state index contributed by atoms with van der Waals surface area (Å²) in [5.74, 6) is -1.67. The molecule has 2 aromatic heterocycles. The van der Waals surface area contributed by atoms with Gasteiger partial charge in [0.05, 0.1) is 12.3 Å². The number of rotatable bonds is 8. The molecular formula is C30H27IN4O5S. The molecule has 41 heavy (non-hydrogen) atoms. The molecule has 3 heterocycles. The number of aromatic nitrogens is 1. The maximum absolute atomic E-state index is 13.9. The molecule has 0 unspecified atom stereocenters. The zero-order chi connectivity index (χ0) is 29.1. The van der Waals surface area contributed by atoms with Crippen molar-refractivity contribution in [2.24, 2.45) is 5.73 Å². The van der Waals surface area contributed by atoms with Crippen LogP contribution in [0, 0.1) is 3.57 Å². The summed E-state index contributed by atoms with van der Waals surface area (Å²) in [6.45, 7) is 3.17. The molecule has 0 saturated heterocycles. The van der Waals surface area contributed by atoms with Crippen LogP contribution in [0.15, 0.2) is 53.9 Å². The van der Waals surface area contributed by atoms with Crippen molar-refractivity contribution in [3.63, 3.8) is 0 Å². The number of fused-ring (bicyclic) bond motifs is 3. The van der Waals surface area contributed by atoms with Gasteiger partial charge in [0.2, 0.25) is 0 Å². The van der Waals surface area contributed by atoms with Gasteiger partial charge in [0.15, 0.2) is 5.69 Å². The lowest BCUT2D eigenvalue weighted by Crippen LogP contribution is -2.25. The fourth-order valence-corrected chi connectivity index (χ4v) is 6.29. The normalized spacial score (nSPS) is 12.0. The number of carboxylic acid groups (broad SMARTS) is 1. The zero-order valence-corrected chi connectivity index (χ0v) is 25.1. The lowest BCUT2D eigenvalue weighted by atomic mass is 9.93. The number of anilines is 1. The van der Waals surface area contributed by atoms with E-state index in [1.807, 2.05) is 30.5 Å². The number of ether oxygens (including phenoxy) is 1. The fourth-order valence-electron chi connectivity index (χ4n) is 4.60. The zero-order valence-electron chi connectivity index (χ0n) is 22.1. The van der Waals surface area contributed by atoms with Crippen LogP contribution >= 0.6 is 33.9 Å². The number of amides is 2. The van der Waals surface area contributed by atoms with Gasteiger partial charge in [-0.25, -0.2) is 9.78 Å². The summed E-state index contributed by atoms with van der Waals surface area (Å²) in [4.78, 5) is 44.0. The first-order valence-electron chi connectivity index (χ1n) is 13.0. The van der Waals surface area contributed by atoms with Crippen LogP contribution in [0.2, 0.25) is 0 Å². The van der Waals surface area contributed by atoms with Crippen molar-refractivity contribution in [2.75, 3.05) is 18.5 Å². The summed E-state index contributed by atoms with van der Waals surface area (Å²) in [5.41, 5.74) is 9.60. The molecule has 1 aliphatic rings. The van der Waals surface area contributed by atoms with E-state index in [0.29, 0.717) is 43.1 Å². The van der Waals surface area contributed by atoms with E-state index in [0.717, 1.165) is 31.6 Å². The van der Waals surface area contributed by atoms with Gasteiger partial charge in [-0.2, -0.15) is 0 Å². The second-order valence-corrected chi connectivity index (χ2v) is 11.5. The molecule has 9 nitrogen and oxygen atoms in total. The SMILES string of the molecule is CCCNC(=O)c1ccc(-c2cc3c(cc2C(=O)Nc2ccc(CN)cc2I)-c2sccc2CCO3)c(C(=O)O)n1. The molecule has 0 fully saturated rings. The van der Waals surface area contributed by atoms with E-state index in [1.165, 1.54) is 12.1 Å². The number of carboxylic acids is 1. The number of halogens is 1. The quantitative estimate of drug-likeness (QED) is 0.178. The van der Waals surface area contributed by atoms with E-state index in [9.17, 15) is 19.5 Å². The highest BCUT2D eigenvalue weighted by atomic mass is 127. The van der Waals surface area contributed by atoms with Gasteiger partial charge < -0.3 is 26.2 Å². The Bertz CT molecular complexity index is 1670. The largest absolute Gasteiger partial charge is 0.493 e. The predicted molar refractivity (Wildman–Crippen MR) is 167 cm³/mol. The molecular weight excluding hydrogens is 655 g/mol. The predicted octanol–water partition coefficient (Wildman–Crippen LogP) is 5.57. The van der Waals surface area contributed by atoms with E-state index in [4.69, 9.17) is 10.5 Å². The summed E-state index contributed by atoms with van der Waals surface area (Å²) in [6, 6.07) is 14.0. The number of pyridine rings is 1. The Kier molecular flexibility index (Phi) is 8.66. The highest BCUT2D eigenvalue weighted by Crippen LogP contribution is 2.43. The Balaban J connectivity index is 1.66. The van der Waals surface area contributed by atoms with E-state index in [2.05, 4.69) is 38.2 Å². The average molecular weight is 683 g/mol. The number of carbonyl (C=O) groups excluding carboxylic acids is 2. The lowest BCUT2D eigenvalue weighted by molar-refractivity contribution is 0.0691. The van der Waals surface area contributed by atoms with Crippen molar-refractivity contribution >= 4 is 57.4 Å². The van der Waals surface area contributed by atoms with Crippen molar-refractivity contribution in [3.05, 3.63) is 85.6 Å². The van der Waals surface area contributed by atoms with E-state index < -0.39 is 17.8 Å². The number of nitrogens with one attached hydrogen (secondary N) is 2. The molecule has 1 aliphatic heterocycles. The Morgan fingerprint density at radius 3 is 2.63 bits per heavy atom. The van der Waals surface area contributed by atoms with Crippen molar-refractivity contribution in [1.29, 1.82) is 0 Å². The molecule has 210 valence electrons. The van der Waals surface area contributed by atoms with Gasteiger partial charge in [-0.05, 0) is 88.0 Å². The van der Waals surface area contributed by atoms with Gasteiger partial charge in [0.25, 0.3) is 11.8 Å². The minimum atomic E-state index is -1.32. The van der Waals surface area contributed by atoms with Crippen molar-refractivity contribution in [2.45, 2.75) is 26.3 Å². The molecule has 4 aromatic rings. The second kappa shape index (κ2) is 12.4. The van der Waals surface area contributed by atoms with Gasteiger partial charge in [0.1, 0.15) is 11.4 Å². The van der Waals surface area contributed by atoms with E-state index in [-0.39, 0.29) is 22.5 Å². The maximum Gasteiger partial charge on any atom is 0.355 e. The molecule has 5 rings (SSSR count). The average Bonchev–Trinajstić information content (AvgIpc) is 3.37. The third-order valence-corrected chi connectivity index (χ3v) is 8.54. The van der Waals surface area contributed by atoms with Crippen LogP contribution in [0.1, 0.15) is 55.8 Å². The molecule has 0 saturated carbocycles. The highest BCUT2D eigenvalue weighted by Gasteiger charge is 2.26. The summed E-state index contributed by atoms with van der Waals surface area (Å²) >= 11 is 3.70. The molecule has 0 spiro atoms. The number of nitrogens with two attached hydrogens (primary N) is 1. The third kappa shape index (κ3) is 5.97. The molecule has 5 N–H and O–H groups in total. The summed E-state index contributed by atoms with van der Waals surface area (Å²) in [5, 5.41) is 17.8. The molecule has 0 radical (unpaired) electrons. The Hall–Kier alpha value is -3.81. The first-order valence-corrected chi connectivity index (χ1v) is 15.0. The van der Waals surface area contributed by atoms with Crippen LogP contribution in [0.3, 0.4) is 0 Å². The standard InChI is InChI=1S/C30H27IN4O5S/c1-2-9-33-29(37)24-6-4-18(26(34-24)30(38)39)19-14-25-21(27-17(7-10-40-25)8-11-41-27)13-20(19)28(36)35-23-5-3-16(15-32)12-22(23)31/h3-6,8,11-14H,2,7,9-10,15,32H2,1H3,(H,33,37)(H,35,36)(H,38,39). The lowest BCUT2D eigenvalue weighted by Gasteiger charge is -2.17. The first-order chi connectivity index (χ1) is 19.8. The molecule has 2 amide bonds. The van der Waals surface area contributed by atoms with Crippen molar-refractivity contribution in [3.8, 4) is 27.3 Å². The van der Waals surface area contributed by atoms with Crippen molar-refractivity contribution in [1.82, 2.24) is 10.3 Å². The van der Waals surface area contributed by atoms with Crippen LogP contribution in [0.5, 0.6) is 5.75 Å². The maximum atomic E-state index is 13.9. The summed E-state index contributed by atoms with van der Waals surface area (Å²) in [7, 11) is 0. The third-order valence-electron chi connectivity index (χ3n) is 6.66.